The zero-order valence-corrected chi connectivity index (χ0v) is 10.7. The molecule has 19 heavy (non-hydrogen) atoms. The van der Waals surface area contributed by atoms with Crippen LogP contribution in [0.2, 0.25) is 0 Å². The van der Waals surface area contributed by atoms with Crippen molar-refractivity contribution in [3.05, 3.63) is 27.1 Å². The van der Waals surface area contributed by atoms with Gasteiger partial charge in [-0.25, -0.2) is 0 Å². The van der Waals surface area contributed by atoms with Crippen LogP contribution >= 0.6 is 12.2 Å². The molecule has 1 aliphatic rings. The predicted molar refractivity (Wildman–Crippen MR) is 63.5 cm³/mol. The van der Waals surface area contributed by atoms with E-state index >= 15 is 0 Å². The van der Waals surface area contributed by atoms with Gasteiger partial charge in [-0.05, 0) is 19.1 Å². The summed E-state index contributed by atoms with van der Waals surface area (Å²) in [5.74, 6) is -1.10. The van der Waals surface area contributed by atoms with Crippen LogP contribution < -0.4 is 5.56 Å². The molecule has 0 bridgehead atoms. The van der Waals surface area contributed by atoms with E-state index in [0.717, 1.165) is 10.8 Å². The van der Waals surface area contributed by atoms with Gasteiger partial charge in [0.15, 0.2) is 11.0 Å². The highest BCUT2D eigenvalue weighted by Crippen LogP contribution is 2.37. The van der Waals surface area contributed by atoms with Crippen LogP contribution in [0.4, 0.5) is 4.39 Å². The molecule has 4 N–H and O–H groups in total. The van der Waals surface area contributed by atoms with Crippen LogP contribution in [0.5, 0.6) is 0 Å². The van der Waals surface area contributed by atoms with Crippen molar-refractivity contribution in [1.29, 1.82) is 0 Å². The Morgan fingerprint density at radius 1 is 1.68 bits per heavy atom. The Kier molecular flexibility index (Phi) is 3.58. The van der Waals surface area contributed by atoms with Crippen molar-refractivity contribution in [3.8, 4) is 0 Å². The number of hydrogen-bond acceptors (Lipinski definition) is 6. The van der Waals surface area contributed by atoms with Crippen LogP contribution in [0, 0.1) is 10.6 Å². The molecule has 2 rings (SSSR count). The van der Waals surface area contributed by atoms with Crippen molar-refractivity contribution in [2.75, 3.05) is 6.61 Å². The molecule has 0 aromatic carbocycles. The van der Waals surface area contributed by atoms with Gasteiger partial charge in [-0.2, -0.15) is 4.39 Å². The van der Waals surface area contributed by atoms with E-state index in [1.165, 1.54) is 6.92 Å². The number of ether oxygens (including phenoxy) is 1. The number of nitrogens with zero attached hydrogens (tertiary/aromatic N) is 1. The van der Waals surface area contributed by atoms with Crippen LogP contribution in [0.1, 0.15) is 13.2 Å². The topological polar surface area (TPSA) is 108 Å². The number of aromatic amines is 1. The summed E-state index contributed by atoms with van der Waals surface area (Å²) in [5.41, 5.74) is -2.78. The molecule has 1 fully saturated rings. The highest BCUT2D eigenvalue weighted by Gasteiger charge is 2.52. The van der Waals surface area contributed by atoms with Gasteiger partial charge in [0, 0.05) is 0 Å². The number of H-pyrrole nitrogens is 1. The summed E-state index contributed by atoms with van der Waals surface area (Å²) in [6.07, 6.45) is -2.85. The molecule has 0 amide bonds. The first-order valence-electron chi connectivity index (χ1n) is 5.46. The number of aliphatic hydroxyl groups is 3. The van der Waals surface area contributed by atoms with E-state index in [4.69, 9.17) is 22.1 Å². The molecule has 0 spiro atoms. The summed E-state index contributed by atoms with van der Waals surface area (Å²) in [6.45, 7) is 0.746. The van der Waals surface area contributed by atoms with Gasteiger partial charge >= 0.3 is 0 Å². The third kappa shape index (κ3) is 2.23. The van der Waals surface area contributed by atoms with E-state index in [-0.39, 0.29) is 4.77 Å². The highest BCUT2D eigenvalue weighted by atomic mass is 32.1. The minimum Gasteiger partial charge on any atom is -0.394 e. The molecule has 0 saturated carbocycles. The maximum atomic E-state index is 13.3. The quantitative estimate of drug-likeness (QED) is 0.523. The Hall–Kier alpha value is -1.13. The molecule has 1 aliphatic heterocycles. The number of rotatable bonds is 2. The second-order valence-corrected chi connectivity index (χ2v) is 4.91. The molecule has 0 radical (unpaired) electrons. The summed E-state index contributed by atoms with van der Waals surface area (Å²) in [5, 5.41) is 29.0. The van der Waals surface area contributed by atoms with Crippen LogP contribution in [-0.4, -0.2) is 49.3 Å². The lowest BCUT2D eigenvalue weighted by atomic mass is 9.96. The molecular weight excluding hydrogens is 279 g/mol. The van der Waals surface area contributed by atoms with Crippen molar-refractivity contribution >= 4 is 12.2 Å². The maximum Gasteiger partial charge on any atom is 0.287 e. The Bertz CT molecular complexity index is 598. The molecule has 1 saturated heterocycles. The lowest BCUT2D eigenvalue weighted by Crippen LogP contribution is -2.44. The molecule has 0 aliphatic carbocycles. The zero-order valence-electron chi connectivity index (χ0n) is 9.91. The Balaban J connectivity index is 2.51. The minimum atomic E-state index is -1.80. The SMILES string of the molecule is C[C@@]1(O)C(O)[C@@H](CO)O[C@H]1n1cc(F)c(=O)[nH]c1=S. The summed E-state index contributed by atoms with van der Waals surface area (Å²) in [4.78, 5) is 13.1. The van der Waals surface area contributed by atoms with Crippen LogP contribution in [0.3, 0.4) is 0 Å². The van der Waals surface area contributed by atoms with E-state index in [0.29, 0.717) is 0 Å². The fraction of sp³-hybridized carbons (Fsp3) is 0.600. The second-order valence-electron chi connectivity index (χ2n) is 4.52. The number of aliphatic hydroxyl groups excluding tert-OH is 2. The summed E-state index contributed by atoms with van der Waals surface area (Å²) < 4.78 is 19.4. The Labute approximate surface area is 111 Å². The average molecular weight is 292 g/mol. The number of hydrogen-bond donors (Lipinski definition) is 4. The van der Waals surface area contributed by atoms with Gasteiger partial charge in [-0.3, -0.25) is 14.3 Å². The largest absolute Gasteiger partial charge is 0.394 e. The first kappa shape index (κ1) is 14.3. The minimum absolute atomic E-state index is 0.164. The monoisotopic (exact) mass is 292 g/mol. The van der Waals surface area contributed by atoms with Crippen LogP contribution in [-0.2, 0) is 4.74 Å². The van der Waals surface area contributed by atoms with E-state index in [1.54, 1.807) is 0 Å². The van der Waals surface area contributed by atoms with Crippen LogP contribution in [0.25, 0.3) is 0 Å². The molecule has 106 valence electrons. The van der Waals surface area contributed by atoms with Gasteiger partial charge in [0.25, 0.3) is 5.56 Å². The van der Waals surface area contributed by atoms with Crippen molar-refractivity contribution in [3.63, 3.8) is 0 Å². The second kappa shape index (κ2) is 4.76. The normalized spacial score (nSPS) is 34.7. The Morgan fingerprint density at radius 3 is 2.84 bits per heavy atom. The average Bonchev–Trinajstić information content (AvgIpc) is 2.56. The smallest absolute Gasteiger partial charge is 0.287 e. The predicted octanol–water partition coefficient (Wildman–Crippen LogP) is -0.953. The first-order chi connectivity index (χ1) is 8.78. The summed E-state index contributed by atoms with van der Waals surface area (Å²) in [6, 6.07) is 0. The fourth-order valence-electron chi connectivity index (χ4n) is 2.03. The maximum absolute atomic E-state index is 13.3. The van der Waals surface area contributed by atoms with Gasteiger partial charge < -0.3 is 20.1 Å². The van der Waals surface area contributed by atoms with Crippen molar-refractivity contribution in [2.45, 2.75) is 31.0 Å². The van der Waals surface area contributed by atoms with Crippen molar-refractivity contribution < 1.29 is 24.4 Å². The zero-order chi connectivity index (χ0) is 14.4. The van der Waals surface area contributed by atoms with E-state index in [9.17, 15) is 19.4 Å². The number of aromatic nitrogens is 2. The molecule has 9 heteroatoms. The van der Waals surface area contributed by atoms with Crippen LogP contribution in [0.15, 0.2) is 11.0 Å². The van der Waals surface area contributed by atoms with Gasteiger partial charge in [-0.1, -0.05) is 0 Å². The summed E-state index contributed by atoms with van der Waals surface area (Å²) in [7, 11) is 0. The highest BCUT2D eigenvalue weighted by molar-refractivity contribution is 7.71. The number of nitrogens with one attached hydrogen (secondary N) is 1. The van der Waals surface area contributed by atoms with E-state index in [1.807, 2.05) is 0 Å². The third-order valence-electron chi connectivity index (χ3n) is 3.11. The summed E-state index contributed by atoms with van der Waals surface area (Å²) >= 11 is 4.86. The molecule has 1 unspecified atom stereocenters. The molecular formula is C10H13FN2O5S. The first-order valence-corrected chi connectivity index (χ1v) is 5.87. The van der Waals surface area contributed by atoms with Gasteiger partial charge in [-0.15, -0.1) is 0 Å². The van der Waals surface area contributed by atoms with Gasteiger partial charge in [0.05, 0.1) is 12.8 Å². The van der Waals surface area contributed by atoms with Gasteiger partial charge in [0.2, 0.25) is 5.82 Å². The molecule has 4 atom stereocenters. The van der Waals surface area contributed by atoms with Crippen molar-refractivity contribution in [1.82, 2.24) is 9.55 Å². The fourth-order valence-corrected chi connectivity index (χ4v) is 2.27. The molecule has 1 aromatic heterocycles. The van der Waals surface area contributed by atoms with E-state index in [2.05, 4.69) is 4.98 Å². The third-order valence-corrected chi connectivity index (χ3v) is 3.42. The molecule has 2 heterocycles. The number of halogens is 1. The lowest BCUT2D eigenvalue weighted by molar-refractivity contribution is -0.0982. The van der Waals surface area contributed by atoms with Gasteiger partial charge in [0.1, 0.15) is 17.8 Å². The molecule has 1 aromatic rings. The standard InChI is InChI=1S/C10H13FN2O5S/c1-10(17)6(15)5(3-14)18-8(10)13-2-4(11)7(16)12-9(13)19/h2,5-6,8,14-15,17H,3H2,1H3,(H,12,16,19)/t5-,6?,8-,10-/m1/s1. The Morgan fingerprint density at radius 2 is 2.32 bits per heavy atom. The van der Waals surface area contributed by atoms with E-state index < -0.39 is 42.0 Å². The molecule has 7 nitrogen and oxygen atoms in total. The lowest BCUT2D eigenvalue weighted by Gasteiger charge is -2.27. The van der Waals surface area contributed by atoms with Crippen molar-refractivity contribution in [2.24, 2.45) is 0 Å².